The van der Waals surface area contributed by atoms with Crippen LogP contribution in [0.1, 0.15) is 22.3 Å². The molecule has 0 saturated carbocycles. The Morgan fingerprint density at radius 1 is 0.224 bits per heavy atom. The highest BCUT2D eigenvalue weighted by molar-refractivity contribution is 7.05. The summed E-state index contributed by atoms with van der Waals surface area (Å²) in [7, 11) is -20.4. The molecule has 2 aliphatic rings. The van der Waals surface area contributed by atoms with Crippen molar-refractivity contribution in [3.8, 4) is 22.3 Å². The summed E-state index contributed by atoms with van der Waals surface area (Å²) >= 11 is 0. The lowest BCUT2D eigenvalue weighted by Gasteiger charge is -2.34. The van der Waals surface area contributed by atoms with Gasteiger partial charge in [0.15, 0.2) is 93.1 Å². The minimum Gasteiger partial charge on any atom is -0.204 e. The number of rotatable bonds is 10. The Bertz CT molecular complexity index is 3920. The van der Waals surface area contributed by atoms with E-state index in [9.17, 15) is 35.1 Å². The van der Waals surface area contributed by atoms with E-state index < -0.39 is 177 Å². The van der Waals surface area contributed by atoms with Crippen LogP contribution in [0.2, 0.25) is 65.5 Å². The first kappa shape index (κ1) is 61.5. The Morgan fingerprint density at radius 3 is 0.659 bits per heavy atom. The third kappa shape index (κ3) is 8.83. The van der Waals surface area contributed by atoms with Crippen LogP contribution in [0.25, 0.3) is 22.3 Å². The second kappa shape index (κ2) is 20.3. The lowest BCUT2D eigenvalue weighted by Crippen LogP contribution is -2.62. The molecule has 8 aromatic rings. The molecule has 0 aromatic heterocycles. The first-order valence-electron chi connectivity index (χ1n) is 26.0. The number of halogens is 20. The average Bonchev–Trinajstić information content (AvgIpc) is 1.82. The van der Waals surface area contributed by atoms with Gasteiger partial charge in [-0.3, -0.25) is 0 Å². The van der Waals surface area contributed by atoms with Crippen molar-refractivity contribution < 1.29 is 87.8 Å². The zero-order chi connectivity index (χ0) is 62.9. The number of benzene rings is 8. The summed E-state index contributed by atoms with van der Waals surface area (Å²) in [6.07, 6.45) is -0.000632. The SMILES string of the molecule is C[Si](C)(c1cc([Si](C)(C)c2c(F)c(F)c(F)c(F)c2F)cc2c1Cc1ccc([Si](C)(C)c3c(F)c(F)c(F)c(F)c3F)cc1-2)c1cc([Si](C)(C)c2c(F)c(F)c(F)c(F)c2F)cc2c1Cc1ccc([Si](C)(C)c3c(F)c(F)c(F)c(F)c3F)cc1-2. The van der Waals surface area contributed by atoms with Gasteiger partial charge in [0.2, 0.25) is 23.3 Å². The third-order valence-electron chi connectivity index (χ3n) is 17.6. The van der Waals surface area contributed by atoms with E-state index in [0.717, 1.165) is 0 Å². The first-order valence-corrected chi connectivity index (χ1v) is 41.0. The maximum atomic E-state index is 16.2. The molecule has 0 saturated heterocycles. The van der Waals surface area contributed by atoms with Crippen molar-refractivity contribution in [2.24, 2.45) is 0 Å². The van der Waals surface area contributed by atoms with Crippen LogP contribution >= 0.6 is 0 Å². The lowest BCUT2D eigenvalue weighted by atomic mass is 10.1. The van der Waals surface area contributed by atoms with E-state index in [1.807, 2.05) is 0 Å². The fourth-order valence-corrected chi connectivity index (χ4v) is 26.5. The average molecular weight is 1290 g/mol. The minimum atomic E-state index is -4.28. The molecule has 0 atom stereocenters. The molecule has 85 heavy (non-hydrogen) atoms. The van der Waals surface area contributed by atoms with Gasteiger partial charge < -0.3 is 0 Å². The van der Waals surface area contributed by atoms with Gasteiger partial charge in [0.05, 0.1) is 0 Å². The summed E-state index contributed by atoms with van der Waals surface area (Å²) in [5.74, 6) is -44.1. The second-order valence-electron chi connectivity index (χ2n) is 24.1. The molecular weight excluding hydrogens is 1240 g/mol. The van der Waals surface area contributed by atoms with Crippen LogP contribution in [0.3, 0.4) is 0 Å². The van der Waals surface area contributed by atoms with Crippen molar-refractivity contribution in [2.75, 3.05) is 0 Å². The first-order chi connectivity index (χ1) is 39.3. The van der Waals surface area contributed by atoms with Gasteiger partial charge in [0.1, 0.15) is 40.4 Å². The Hall–Kier alpha value is -6.56. The highest BCUT2D eigenvalue weighted by atomic mass is 28.3. The van der Waals surface area contributed by atoms with Crippen molar-refractivity contribution in [2.45, 2.75) is 78.3 Å². The standard InChI is InChI=1S/C60H44F20Si5/c1-81(2,57-49(73)41(65)37(61)42(66)50(57)74)25-13-11-23-15-33-31(29(23)17-25)19-27(83(5,6)59-53(77)45(69)39(63)46(70)54(59)78)21-35(33)85(9,10)36-22-28(84(7,8)60-55(79)47(71)40(64)48(72)56(60)80)20-32-30-18-26(14-12-24(30)16-34(32)36)82(3,4)58-51(75)43(67)38(62)44(68)52(58)76/h11-14,17-22H,15-16H2,1-10H3. The molecule has 25 heteroatoms. The monoisotopic (exact) mass is 1280 g/mol. The van der Waals surface area contributed by atoms with Crippen LogP contribution in [0, 0.1) is 116 Å². The number of fused-ring (bicyclic) bond motifs is 6. The van der Waals surface area contributed by atoms with Crippen LogP contribution in [0.4, 0.5) is 87.8 Å². The summed E-state index contributed by atoms with van der Waals surface area (Å²) < 4.78 is 306. The van der Waals surface area contributed by atoms with E-state index >= 15 is 52.7 Å². The maximum Gasteiger partial charge on any atom is 0.200 e. The number of hydrogen-bond donors (Lipinski definition) is 0. The molecule has 10 rings (SSSR count). The molecule has 0 amide bonds. The van der Waals surface area contributed by atoms with Gasteiger partial charge in [-0.15, -0.1) is 0 Å². The van der Waals surface area contributed by atoms with Gasteiger partial charge in [-0.25, -0.2) is 87.8 Å². The van der Waals surface area contributed by atoms with Crippen molar-refractivity contribution >= 4 is 92.2 Å². The van der Waals surface area contributed by atoms with Crippen LogP contribution in [0.5, 0.6) is 0 Å². The zero-order valence-electron chi connectivity index (χ0n) is 46.2. The van der Waals surface area contributed by atoms with Gasteiger partial charge in [-0.05, 0) is 57.3 Å². The normalized spacial score (nSPS) is 13.4. The molecule has 0 radical (unpaired) electrons. The van der Waals surface area contributed by atoms with Gasteiger partial charge in [-0.2, -0.15) is 0 Å². The molecule has 0 heterocycles. The molecule has 444 valence electrons. The molecule has 8 aromatic carbocycles. The van der Waals surface area contributed by atoms with Crippen molar-refractivity contribution in [3.63, 3.8) is 0 Å². The number of hydrogen-bond acceptors (Lipinski definition) is 0. The fraction of sp³-hybridized carbons (Fsp3) is 0.200. The highest BCUT2D eigenvalue weighted by Gasteiger charge is 2.47. The largest absolute Gasteiger partial charge is 0.204 e. The summed E-state index contributed by atoms with van der Waals surface area (Å²) in [6.45, 7) is 14.1. The Kier molecular flexibility index (Phi) is 14.7. The molecule has 0 unspecified atom stereocenters. The van der Waals surface area contributed by atoms with Crippen LogP contribution in [0.15, 0.2) is 60.7 Å². The van der Waals surface area contributed by atoms with Crippen LogP contribution in [-0.2, 0) is 12.8 Å². The third-order valence-corrected chi connectivity index (χ3v) is 34.9. The summed E-state index contributed by atoms with van der Waals surface area (Å²) in [6, 6.07) is 14.9. The molecule has 0 aliphatic heterocycles. The van der Waals surface area contributed by atoms with Crippen LogP contribution in [-0.4, -0.2) is 40.4 Å². The summed E-state index contributed by atoms with van der Waals surface area (Å²) in [5.41, 5.74) is 2.99. The molecular formula is C60H44F20Si5. The van der Waals surface area contributed by atoms with Gasteiger partial charge >= 0.3 is 0 Å². The van der Waals surface area contributed by atoms with E-state index in [0.29, 0.717) is 32.6 Å². The quantitative estimate of drug-likeness (QED) is 0.0554. The Morgan fingerprint density at radius 2 is 0.424 bits per heavy atom. The zero-order valence-corrected chi connectivity index (χ0v) is 51.2. The Labute approximate surface area is 477 Å². The van der Waals surface area contributed by atoms with E-state index in [4.69, 9.17) is 0 Å². The van der Waals surface area contributed by atoms with E-state index in [2.05, 4.69) is 0 Å². The van der Waals surface area contributed by atoms with Crippen LogP contribution < -0.4 is 51.9 Å². The van der Waals surface area contributed by atoms with E-state index in [1.165, 1.54) is 101 Å². The second-order valence-corrected chi connectivity index (χ2v) is 45.7. The lowest BCUT2D eigenvalue weighted by molar-refractivity contribution is 0.383. The van der Waals surface area contributed by atoms with Gasteiger partial charge in [0.25, 0.3) is 0 Å². The fourth-order valence-electron chi connectivity index (χ4n) is 12.5. The molecule has 2 aliphatic carbocycles. The predicted molar refractivity (Wildman–Crippen MR) is 298 cm³/mol. The highest BCUT2D eigenvalue weighted by Crippen LogP contribution is 2.40. The topological polar surface area (TPSA) is 0 Å². The molecule has 0 bridgehead atoms. The smallest absolute Gasteiger partial charge is 0.200 e. The Balaban J connectivity index is 1.27. The predicted octanol–water partition coefficient (Wildman–Crippen LogP) is 11.7. The minimum absolute atomic E-state index is 0.000316. The maximum absolute atomic E-state index is 16.2. The van der Waals surface area contributed by atoms with Crippen molar-refractivity contribution in [1.29, 1.82) is 0 Å². The molecule has 0 spiro atoms. The van der Waals surface area contributed by atoms with Crippen molar-refractivity contribution in [3.05, 3.63) is 199 Å². The van der Waals surface area contributed by atoms with Gasteiger partial charge in [-0.1, -0.05) is 157 Å². The molecule has 0 N–H and O–H groups in total. The van der Waals surface area contributed by atoms with Gasteiger partial charge in [0, 0.05) is 20.7 Å². The molecule has 0 nitrogen and oxygen atoms in total. The summed E-state index contributed by atoms with van der Waals surface area (Å²) in [4.78, 5) is 0. The van der Waals surface area contributed by atoms with E-state index in [-0.39, 0.29) is 55.8 Å². The molecule has 0 fully saturated rings. The summed E-state index contributed by atoms with van der Waals surface area (Å²) in [5, 5.41) is -3.29. The van der Waals surface area contributed by atoms with Crippen molar-refractivity contribution in [1.82, 2.24) is 0 Å². The van der Waals surface area contributed by atoms with E-state index in [1.54, 1.807) is 25.2 Å².